The second-order valence-electron chi connectivity index (χ2n) is 7.36. The predicted octanol–water partition coefficient (Wildman–Crippen LogP) is 5.25. The third kappa shape index (κ3) is 5.02. The first-order valence-corrected chi connectivity index (χ1v) is 9.94. The molecule has 4 heteroatoms. The van der Waals surface area contributed by atoms with Gasteiger partial charge in [-0.05, 0) is 48.9 Å². The van der Waals surface area contributed by atoms with E-state index in [0.29, 0.717) is 23.0 Å². The summed E-state index contributed by atoms with van der Waals surface area (Å²) in [6.45, 7) is 5.37. The number of aliphatic hydroxyl groups excluding tert-OH is 1. The van der Waals surface area contributed by atoms with Crippen LogP contribution in [-0.4, -0.2) is 24.3 Å². The first-order chi connectivity index (χ1) is 13.6. The van der Waals surface area contributed by atoms with Crippen LogP contribution in [0.4, 0.5) is 0 Å². The molecule has 0 bridgehead atoms. The van der Waals surface area contributed by atoms with Gasteiger partial charge in [0, 0.05) is 17.2 Å². The molecule has 4 nitrogen and oxygen atoms in total. The lowest BCUT2D eigenvalue weighted by molar-refractivity contribution is -0.130. The van der Waals surface area contributed by atoms with Gasteiger partial charge in [0.15, 0.2) is 0 Å². The molecule has 1 N–H and O–H groups in total. The minimum atomic E-state index is -0.473. The molecule has 1 aliphatic carbocycles. The molecule has 3 rings (SSSR count). The molecule has 1 saturated carbocycles. The van der Waals surface area contributed by atoms with Crippen LogP contribution >= 0.6 is 0 Å². The first kappa shape index (κ1) is 20.2. The number of aliphatic hydroxyl groups is 1. The van der Waals surface area contributed by atoms with Crippen molar-refractivity contribution in [2.45, 2.75) is 44.9 Å². The van der Waals surface area contributed by atoms with E-state index < -0.39 is 5.97 Å². The molecule has 0 aromatic heterocycles. The van der Waals surface area contributed by atoms with E-state index in [1.807, 2.05) is 12.1 Å². The zero-order chi connectivity index (χ0) is 19.9. The highest BCUT2D eigenvalue weighted by molar-refractivity contribution is 5.90. The summed E-state index contributed by atoms with van der Waals surface area (Å²) in [5.74, 6) is 1.15. The summed E-state index contributed by atoms with van der Waals surface area (Å²) in [4.78, 5) is 12.1. The summed E-state index contributed by atoms with van der Waals surface area (Å²) < 4.78 is 11.0. The van der Waals surface area contributed by atoms with Gasteiger partial charge >= 0.3 is 5.97 Å². The maximum atomic E-state index is 12.1. The minimum Gasteiger partial charge on any atom is -0.491 e. The van der Waals surface area contributed by atoms with E-state index in [4.69, 9.17) is 14.6 Å². The Balaban J connectivity index is 1.88. The summed E-state index contributed by atoms with van der Waals surface area (Å²) in [5, 5.41) is 8.96. The molecule has 148 valence electrons. The summed E-state index contributed by atoms with van der Waals surface area (Å²) in [6, 6.07) is 13.9. The van der Waals surface area contributed by atoms with E-state index in [0.717, 1.165) is 11.1 Å². The normalized spacial score (nSPS) is 14.5. The largest absolute Gasteiger partial charge is 0.491 e. The Bertz CT molecular complexity index is 817. The van der Waals surface area contributed by atoms with Gasteiger partial charge < -0.3 is 14.6 Å². The molecule has 0 atom stereocenters. The molecule has 0 spiro atoms. The lowest BCUT2D eigenvalue weighted by Crippen LogP contribution is -2.09. The van der Waals surface area contributed by atoms with Crippen LogP contribution < -0.4 is 9.47 Å². The van der Waals surface area contributed by atoms with Crippen molar-refractivity contribution >= 4 is 5.97 Å². The fourth-order valence-corrected chi connectivity index (χ4v) is 3.64. The van der Waals surface area contributed by atoms with Crippen molar-refractivity contribution in [1.29, 1.82) is 0 Å². The number of hydrogen-bond donors (Lipinski definition) is 1. The molecule has 2 aromatic carbocycles. The molecule has 2 aromatic rings. The Morgan fingerprint density at radius 2 is 1.82 bits per heavy atom. The monoisotopic (exact) mass is 380 g/mol. The van der Waals surface area contributed by atoms with Crippen LogP contribution in [0.2, 0.25) is 0 Å². The highest BCUT2D eigenvalue weighted by Gasteiger charge is 2.17. The van der Waals surface area contributed by atoms with Crippen molar-refractivity contribution in [3.8, 4) is 22.6 Å². The third-order valence-corrected chi connectivity index (χ3v) is 5.16. The second-order valence-corrected chi connectivity index (χ2v) is 7.36. The molecule has 0 aliphatic heterocycles. The second kappa shape index (κ2) is 9.56. The van der Waals surface area contributed by atoms with Crippen LogP contribution in [-0.2, 0) is 4.79 Å². The van der Waals surface area contributed by atoms with Gasteiger partial charge in [-0.1, -0.05) is 50.1 Å². The van der Waals surface area contributed by atoms with Gasteiger partial charge in [0.2, 0.25) is 0 Å². The molecular weight excluding hydrogens is 352 g/mol. The van der Waals surface area contributed by atoms with Crippen molar-refractivity contribution in [3.05, 3.63) is 60.2 Å². The first-order valence-electron chi connectivity index (χ1n) is 9.94. The number of carbonyl (C=O) groups is 1. The highest BCUT2D eigenvalue weighted by Crippen LogP contribution is 2.37. The Hall–Kier alpha value is -2.59. The highest BCUT2D eigenvalue weighted by atomic mass is 16.5. The summed E-state index contributed by atoms with van der Waals surface area (Å²) in [5.41, 5.74) is 3.52. The summed E-state index contributed by atoms with van der Waals surface area (Å²) in [6.07, 6.45) is 6.48. The minimum absolute atomic E-state index is 0.0781. The van der Waals surface area contributed by atoms with Gasteiger partial charge in [-0.3, -0.25) is 0 Å². The zero-order valence-electron chi connectivity index (χ0n) is 16.4. The number of hydrogen-bond acceptors (Lipinski definition) is 4. The van der Waals surface area contributed by atoms with Crippen molar-refractivity contribution in [3.63, 3.8) is 0 Å². The van der Waals surface area contributed by atoms with Crippen LogP contribution in [0.3, 0.4) is 0 Å². The van der Waals surface area contributed by atoms with E-state index >= 15 is 0 Å². The van der Waals surface area contributed by atoms with Crippen LogP contribution in [0.15, 0.2) is 54.6 Å². The number of esters is 1. The third-order valence-electron chi connectivity index (χ3n) is 5.16. The lowest BCUT2D eigenvalue weighted by Gasteiger charge is -2.22. The maximum absolute atomic E-state index is 12.1. The molecule has 0 saturated heterocycles. The number of benzene rings is 2. The standard InChI is InChI=1S/C24H28O4/c1-17(2)24(26)28-23-16-21(27-15-14-25)12-13-22(23)20-10-8-19(9-11-20)18-6-4-3-5-7-18/h8-13,16,18,25H,1,3-7,14-15H2,2H3. The van der Waals surface area contributed by atoms with Crippen molar-refractivity contribution < 1.29 is 19.4 Å². The zero-order valence-corrected chi connectivity index (χ0v) is 16.4. The van der Waals surface area contributed by atoms with Gasteiger partial charge in [0.1, 0.15) is 18.1 Å². The molecule has 0 heterocycles. The lowest BCUT2D eigenvalue weighted by atomic mass is 9.83. The number of carbonyl (C=O) groups excluding carboxylic acids is 1. The van der Waals surface area contributed by atoms with E-state index in [1.54, 1.807) is 13.0 Å². The Kier molecular flexibility index (Phi) is 6.88. The van der Waals surface area contributed by atoms with E-state index in [1.165, 1.54) is 37.7 Å². The molecule has 28 heavy (non-hydrogen) atoms. The van der Waals surface area contributed by atoms with Crippen molar-refractivity contribution in [2.75, 3.05) is 13.2 Å². The maximum Gasteiger partial charge on any atom is 0.338 e. The smallest absolute Gasteiger partial charge is 0.338 e. The van der Waals surface area contributed by atoms with Crippen molar-refractivity contribution in [1.82, 2.24) is 0 Å². The van der Waals surface area contributed by atoms with Crippen LogP contribution in [0.5, 0.6) is 11.5 Å². The fourth-order valence-electron chi connectivity index (χ4n) is 3.64. The molecule has 0 amide bonds. The average Bonchev–Trinajstić information content (AvgIpc) is 2.73. The van der Waals surface area contributed by atoms with Crippen molar-refractivity contribution in [2.24, 2.45) is 0 Å². The molecule has 0 radical (unpaired) electrons. The van der Waals surface area contributed by atoms with Gasteiger partial charge in [-0.2, -0.15) is 0 Å². The Morgan fingerprint density at radius 1 is 1.11 bits per heavy atom. The van der Waals surface area contributed by atoms with E-state index in [-0.39, 0.29) is 13.2 Å². The van der Waals surface area contributed by atoms with Crippen LogP contribution in [0.25, 0.3) is 11.1 Å². The van der Waals surface area contributed by atoms with Gasteiger partial charge in [-0.15, -0.1) is 0 Å². The van der Waals surface area contributed by atoms with Crippen LogP contribution in [0, 0.1) is 0 Å². The number of ether oxygens (including phenoxy) is 2. The van der Waals surface area contributed by atoms with Gasteiger partial charge in [0.05, 0.1) is 6.61 Å². The summed E-state index contributed by atoms with van der Waals surface area (Å²) in [7, 11) is 0. The SMILES string of the molecule is C=C(C)C(=O)Oc1cc(OCCO)ccc1-c1ccc(C2CCCCC2)cc1. The number of rotatable bonds is 7. The van der Waals surface area contributed by atoms with Gasteiger partial charge in [-0.25, -0.2) is 4.79 Å². The van der Waals surface area contributed by atoms with Crippen LogP contribution in [0.1, 0.15) is 50.5 Å². The Morgan fingerprint density at radius 3 is 2.46 bits per heavy atom. The van der Waals surface area contributed by atoms with E-state index in [2.05, 4.69) is 30.8 Å². The average molecular weight is 380 g/mol. The predicted molar refractivity (Wildman–Crippen MR) is 111 cm³/mol. The fraction of sp³-hybridized carbons (Fsp3) is 0.375. The molecular formula is C24H28O4. The quantitative estimate of drug-likeness (QED) is 0.405. The Labute approximate surface area is 166 Å². The molecule has 1 fully saturated rings. The van der Waals surface area contributed by atoms with Gasteiger partial charge in [0.25, 0.3) is 0 Å². The van der Waals surface area contributed by atoms with E-state index in [9.17, 15) is 4.79 Å². The molecule has 1 aliphatic rings. The summed E-state index contributed by atoms with van der Waals surface area (Å²) >= 11 is 0. The molecule has 0 unspecified atom stereocenters. The topological polar surface area (TPSA) is 55.8 Å².